The molecule has 2 aromatic carbocycles. The summed E-state index contributed by atoms with van der Waals surface area (Å²) in [6, 6.07) is 6.81. The molecule has 0 saturated carbocycles. The number of hydrogen-bond donors (Lipinski definition) is 0. The van der Waals surface area contributed by atoms with Crippen molar-refractivity contribution in [1.29, 1.82) is 0 Å². The van der Waals surface area contributed by atoms with E-state index in [1.807, 2.05) is 0 Å². The van der Waals surface area contributed by atoms with Crippen molar-refractivity contribution in [2.75, 3.05) is 7.11 Å². The van der Waals surface area contributed by atoms with Gasteiger partial charge in [-0.15, -0.1) is 0 Å². The smallest absolute Gasteiger partial charge is 0.416 e. The molecule has 2 rings (SSSR count). The zero-order valence-electron chi connectivity index (χ0n) is 11.5. The van der Waals surface area contributed by atoms with E-state index in [1.165, 1.54) is 25.3 Å². The first-order chi connectivity index (χ1) is 10.5. The number of methoxy groups -OCH3 is 1. The molecule has 0 aliphatic heterocycles. The van der Waals surface area contributed by atoms with Crippen LogP contribution >= 0.6 is 22.3 Å². The van der Waals surface area contributed by atoms with Crippen LogP contribution in [0.2, 0.25) is 5.02 Å². The molecule has 0 radical (unpaired) electrons. The first-order valence-electron chi connectivity index (χ1n) is 6.04. The predicted octanol–water partition coefficient (Wildman–Crippen LogP) is 4.96. The second-order valence-corrected chi connectivity index (χ2v) is 7.44. The average Bonchev–Trinajstić information content (AvgIpc) is 2.44. The van der Waals surface area contributed by atoms with Crippen molar-refractivity contribution >= 4 is 31.3 Å². The van der Waals surface area contributed by atoms with Crippen molar-refractivity contribution in [2.24, 2.45) is 0 Å². The molecule has 0 fully saturated rings. The molecule has 0 spiro atoms. The summed E-state index contributed by atoms with van der Waals surface area (Å²) < 4.78 is 66.0. The maximum Gasteiger partial charge on any atom is 0.416 e. The average molecular weight is 385 g/mol. The van der Waals surface area contributed by atoms with Gasteiger partial charge in [0.2, 0.25) is 0 Å². The number of rotatable bonds is 3. The highest BCUT2D eigenvalue weighted by molar-refractivity contribution is 8.13. The Balaban J connectivity index is 2.60. The Morgan fingerprint density at radius 3 is 2.22 bits per heavy atom. The molecule has 0 aliphatic rings. The van der Waals surface area contributed by atoms with Gasteiger partial charge in [0, 0.05) is 21.3 Å². The Hall–Kier alpha value is -1.44. The van der Waals surface area contributed by atoms with Crippen LogP contribution in [-0.2, 0) is 15.2 Å². The van der Waals surface area contributed by atoms with Gasteiger partial charge in [-0.25, -0.2) is 8.42 Å². The van der Waals surface area contributed by atoms with Gasteiger partial charge in [0.05, 0.1) is 12.7 Å². The lowest BCUT2D eigenvalue weighted by Gasteiger charge is -2.12. The van der Waals surface area contributed by atoms with Gasteiger partial charge in [0.25, 0.3) is 9.05 Å². The van der Waals surface area contributed by atoms with Crippen LogP contribution in [-0.4, -0.2) is 15.5 Å². The quantitative estimate of drug-likeness (QED) is 0.702. The fraction of sp³-hybridized carbons (Fsp3) is 0.143. The van der Waals surface area contributed by atoms with Gasteiger partial charge in [0.1, 0.15) is 10.6 Å². The minimum atomic E-state index is -4.52. The summed E-state index contributed by atoms with van der Waals surface area (Å²) in [5.74, 6) is 0.0202. The molecule has 0 saturated heterocycles. The maximum absolute atomic E-state index is 12.6. The van der Waals surface area contributed by atoms with E-state index in [-0.39, 0.29) is 21.2 Å². The number of benzene rings is 2. The summed E-state index contributed by atoms with van der Waals surface area (Å²) in [6.07, 6.45) is -4.52. The van der Waals surface area contributed by atoms with E-state index in [0.29, 0.717) is 5.56 Å². The lowest BCUT2D eigenvalue weighted by Crippen LogP contribution is -2.04. The Morgan fingerprint density at radius 2 is 1.74 bits per heavy atom. The second kappa shape index (κ2) is 6.22. The fourth-order valence-electron chi connectivity index (χ4n) is 1.96. The lowest BCUT2D eigenvalue weighted by atomic mass is 10.0. The molecular formula is C14H9Cl2F3O3S. The van der Waals surface area contributed by atoms with Crippen LogP contribution in [0.3, 0.4) is 0 Å². The van der Waals surface area contributed by atoms with Gasteiger partial charge in [-0.3, -0.25) is 0 Å². The summed E-state index contributed by atoms with van der Waals surface area (Å²) in [6.45, 7) is 0. The van der Waals surface area contributed by atoms with E-state index < -0.39 is 20.8 Å². The van der Waals surface area contributed by atoms with Gasteiger partial charge in [-0.2, -0.15) is 13.2 Å². The molecule has 0 unspecified atom stereocenters. The van der Waals surface area contributed by atoms with Crippen LogP contribution in [0.5, 0.6) is 5.75 Å². The zero-order chi connectivity index (χ0) is 17.4. The molecule has 23 heavy (non-hydrogen) atoms. The van der Waals surface area contributed by atoms with Crippen LogP contribution in [0.25, 0.3) is 11.1 Å². The fourth-order valence-corrected chi connectivity index (χ4v) is 3.27. The summed E-state index contributed by atoms with van der Waals surface area (Å²) in [5, 5.41) is -0.164. The minimum absolute atomic E-state index is 0.0202. The SMILES string of the molecule is COc1ccc(-c2ccc(C(F)(F)F)cc2Cl)cc1S(=O)(=O)Cl. The highest BCUT2D eigenvalue weighted by Gasteiger charge is 2.31. The molecule has 9 heteroatoms. The third kappa shape index (κ3) is 3.91. The van der Waals surface area contributed by atoms with E-state index in [1.54, 1.807) is 0 Å². The first kappa shape index (κ1) is 17.9. The zero-order valence-corrected chi connectivity index (χ0v) is 13.8. The number of hydrogen-bond acceptors (Lipinski definition) is 3. The standard InChI is InChI=1S/C14H9Cl2F3O3S/c1-22-12-5-2-8(6-13(12)23(16,20)21)10-4-3-9(7-11(10)15)14(17,18)19/h2-7H,1H3. The Labute approximate surface area is 140 Å². The molecule has 0 aliphatic carbocycles. The van der Waals surface area contributed by atoms with Gasteiger partial charge in [-0.1, -0.05) is 23.7 Å². The van der Waals surface area contributed by atoms with Crippen LogP contribution < -0.4 is 4.74 Å². The molecule has 0 heterocycles. The summed E-state index contributed by atoms with van der Waals surface area (Å²) in [4.78, 5) is -0.296. The summed E-state index contributed by atoms with van der Waals surface area (Å²) in [7, 11) is 2.51. The van der Waals surface area contributed by atoms with E-state index in [2.05, 4.69) is 0 Å². The largest absolute Gasteiger partial charge is 0.495 e. The molecule has 2 aromatic rings. The third-order valence-electron chi connectivity index (χ3n) is 3.03. The normalized spacial score (nSPS) is 12.3. The molecule has 0 aromatic heterocycles. The van der Waals surface area contributed by atoms with Crippen LogP contribution in [0, 0.1) is 0 Å². The van der Waals surface area contributed by atoms with Gasteiger partial charge < -0.3 is 4.74 Å². The van der Waals surface area contributed by atoms with E-state index >= 15 is 0 Å². The number of ether oxygens (including phenoxy) is 1. The first-order valence-corrected chi connectivity index (χ1v) is 8.72. The highest BCUT2D eigenvalue weighted by Crippen LogP contribution is 2.38. The van der Waals surface area contributed by atoms with Gasteiger partial charge >= 0.3 is 6.18 Å². The molecular weight excluding hydrogens is 376 g/mol. The van der Waals surface area contributed by atoms with Crippen LogP contribution in [0.15, 0.2) is 41.3 Å². The second-order valence-electron chi connectivity index (χ2n) is 4.50. The van der Waals surface area contributed by atoms with Crippen molar-refractivity contribution in [1.82, 2.24) is 0 Å². The van der Waals surface area contributed by atoms with E-state index in [4.69, 9.17) is 27.0 Å². The lowest BCUT2D eigenvalue weighted by molar-refractivity contribution is -0.137. The van der Waals surface area contributed by atoms with Crippen molar-refractivity contribution in [3.05, 3.63) is 47.0 Å². The molecule has 3 nitrogen and oxygen atoms in total. The molecule has 124 valence electrons. The number of halogens is 5. The summed E-state index contributed by atoms with van der Waals surface area (Å²) in [5.41, 5.74) is -0.363. The Kier molecular flexibility index (Phi) is 4.84. The highest BCUT2D eigenvalue weighted by atomic mass is 35.7. The van der Waals surface area contributed by atoms with Gasteiger partial charge in [-0.05, 0) is 29.8 Å². The maximum atomic E-state index is 12.6. The van der Waals surface area contributed by atoms with Crippen LogP contribution in [0.1, 0.15) is 5.56 Å². The van der Waals surface area contributed by atoms with Crippen molar-refractivity contribution in [3.8, 4) is 16.9 Å². The third-order valence-corrected chi connectivity index (χ3v) is 4.69. The van der Waals surface area contributed by atoms with Crippen molar-refractivity contribution in [2.45, 2.75) is 11.1 Å². The van der Waals surface area contributed by atoms with Crippen LogP contribution in [0.4, 0.5) is 13.2 Å². The molecule has 0 bridgehead atoms. The molecule has 0 N–H and O–H groups in total. The molecule has 0 atom stereocenters. The van der Waals surface area contributed by atoms with Gasteiger partial charge in [0.15, 0.2) is 0 Å². The van der Waals surface area contributed by atoms with E-state index in [0.717, 1.165) is 18.2 Å². The molecule has 0 amide bonds. The van der Waals surface area contributed by atoms with E-state index in [9.17, 15) is 21.6 Å². The Morgan fingerprint density at radius 1 is 1.09 bits per heavy atom. The monoisotopic (exact) mass is 384 g/mol. The predicted molar refractivity (Wildman–Crippen MR) is 81.5 cm³/mol. The van der Waals surface area contributed by atoms with Crippen molar-refractivity contribution in [3.63, 3.8) is 0 Å². The minimum Gasteiger partial charge on any atom is -0.495 e. The Bertz CT molecular complexity index is 849. The van der Waals surface area contributed by atoms with Crippen molar-refractivity contribution < 1.29 is 26.3 Å². The topological polar surface area (TPSA) is 43.4 Å². The number of alkyl halides is 3. The summed E-state index contributed by atoms with van der Waals surface area (Å²) >= 11 is 5.90.